The zero-order valence-electron chi connectivity index (χ0n) is 21.1. The predicted molar refractivity (Wildman–Crippen MR) is 147 cm³/mol. The van der Waals surface area contributed by atoms with E-state index >= 15 is 0 Å². The van der Waals surface area contributed by atoms with Crippen LogP contribution >= 0.6 is 0 Å². The van der Waals surface area contributed by atoms with Gasteiger partial charge in [-0.15, -0.1) is 0 Å². The predicted octanol–water partition coefficient (Wildman–Crippen LogP) is 7.15. The highest BCUT2D eigenvalue weighted by molar-refractivity contribution is 5.85. The molecule has 0 radical (unpaired) electrons. The minimum absolute atomic E-state index is 0.0963. The van der Waals surface area contributed by atoms with Gasteiger partial charge in [-0.1, -0.05) is 48.5 Å². The lowest BCUT2D eigenvalue weighted by atomic mass is 9.89. The van der Waals surface area contributed by atoms with Gasteiger partial charge in [0.05, 0.1) is 6.57 Å². The number of aromatic hydroxyl groups is 1. The third kappa shape index (κ3) is 5.63. The molecule has 1 aliphatic rings. The van der Waals surface area contributed by atoms with Gasteiger partial charge in [-0.25, -0.2) is 9.24 Å². The van der Waals surface area contributed by atoms with E-state index in [2.05, 4.69) is 47.3 Å². The molecule has 192 valence electrons. The van der Waals surface area contributed by atoms with Crippen molar-refractivity contribution in [2.24, 2.45) is 5.92 Å². The molecule has 38 heavy (non-hydrogen) atoms. The minimum Gasteiger partial charge on any atom is -0.507 e. The van der Waals surface area contributed by atoms with Gasteiger partial charge in [0, 0.05) is 30.3 Å². The van der Waals surface area contributed by atoms with E-state index in [-0.39, 0.29) is 18.3 Å². The first-order valence-electron chi connectivity index (χ1n) is 12.9. The van der Waals surface area contributed by atoms with Gasteiger partial charge < -0.3 is 14.7 Å². The van der Waals surface area contributed by atoms with Crippen LogP contribution in [0.15, 0.2) is 78.9 Å². The lowest BCUT2D eigenvalue weighted by Gasteiger charge is -2.32. The number of halogens is 1. The number of rotatable bonds is 7. The molecule has 6 heteroatoms. The molecule has 0 spiro atoms. The number of piperidine rings is 1. The number of nitrogens with zero attached hydrogens (tertiary/aromatic N) is 2. The van der Waals surface area contributed by atoms with Crippen LogP contribution in [0.1, 0.15) is 24.8 Å². The Hall–Kier alpha value is -4.37. The van der Waals surface area contributed by atoms with E-state index in [1.807, 2.05) is 4.90 Å². The maximum Gasteiger partial charge on any atom is 0.260 e. The van der Waals surface area contributed by atoms with Gasteiger partial charge in [0.2, 0.25) is 0 Å². The molecule has 5 rings (SSSR count). The van der Waals surface area contributed by atoms with Gasteiger partial charge in [0.1, 0.15) is 17.3 Å². The van der Waals surface area contributed by atoms with Crippen molar-refractivity contribution < 1.29 is 19.0 Å². The maximum absolute atomic E-state index is 13.5. The van der Waals surface area contributed by atoms with Crippen LogP contribution < -0.4 is 4.74 Å². The smallest absolute Gasteiger partial charge is 0.260 e. The largest absolute Gasteiger partial charge is 0.507 e. The zero-order valence-corrected chi connectivity index (χ0v) is 21.1. The number of hydrogen-bond donors (Lipinski definition) is 1. The SMILES string of the molecule is [C-]#[N+]c1ccc(OCC(=O)N2CCC(CCc3cccc4ccccc34)CC2)c(-c2ccc(F)cc2O)c1. The van der Waals surface area contributed by atoms with Crippen molar-refractivity contribution in [3.05, 3.63) is 102 Å². The number of ether oxygens (including phenoxy) is 1. The Balaban J connectivity index is 1.17. The number of aryl methyl sites for hydroxylation is 1. The van der Waals surface area contributed by atoms with Crippen LogP contribution in [0.4, 0.5) is 10.1 Å². The van der Waals surface area contributed by atoms with E-state index in [0.717, 1.165) is 31.7 Å². The minimum atomic E-state index is -0.564. The zero-order chi connectivity index (χ0) is 26.5. The van der Waals surface area contributed by atoms with Gasteiger partial charge in [0.15, 0.2) is 12.3 Å². The van der Waals surface area contributed by atoms with Crippen molar-refractivity contribution >= 4 is 22.4 Å². The molecule has 0 bridgehead atoms. The monoisotopic (exact) mass is 508 g/mol. The second-order valence-corrected chi connectivity index (χ2v) is 9.74. The van der Waals surface area contributed by atoms with Crippen LogP contribution in [-0.2, 0) is 11.2 Å². The molecule has 1 fully saturated rings. The summed E-state index contributed by atoms with van der Waals surface area (Å²) in [7, 11) is 0. The van der Waals surface area contributed by atoms with Gasteiger partial charge in [0.25, 0.3) is 5.91 Å². The van der Waals surface area contributed by atoms with E-state index in [4.69, 9.17) is 11.3 Å². The molecule has 1 heterocycles. The molecule has 0 saturated carbocycles. The van der Waals surface area contributed by atoms with Crippen LogP contribution in [-0.4, -0.2) is 35.6 Å². The summed E-state index contributed by atoms with van der Waals surface area (Å²) in [6, 6.07) is 23.4. The lowest BCUT2D eigenvalue weighted by molar-refractivity contribution is -0.134. The molecule has 4 aromatic carbocycles. The van der Waals surface area contributed by atoms with E-state index in [1.54, 1.807) is 18.2 Å². The van der Waals surface area contributed by atoms with Crippen molar-refractivity contribution in [1.29, 1.82) is 0 Å². The Morgan fingerprint density at radius 3 is 2.58 bits per heavy atom. The Bertz CT molecular complexity index is 1500. The summed E-state index contributed by atoms with van der Waals surface area (Å²) >= 11 is 0. The number of phenols is 1. The molecule has 0 unspecified atom stereocenters. The molecular weight excluding hydrogens is 479 g/mol. The first-order chi connectivity index (χ1) is 18.5. The molecular formula is C32H29FN2O3. The molecule has 1 amide bonds. The second-order valence-electron chi connectivity index (χ2n) is 9.74. The Labute approximate surface area is 221 Å². The number of carbonyl (C=O) groups is 1. The maximum atomic E-state index is 13.5. The van der Waals surface area contributed by atoms with E-state index in [1.165, 1.54) is 28.5 Å². The number of likely N-dealkylation sites (tertiary alicyclic amines) is 1. The molecule has 0 atom stereocenters. The summed E-state index contributed by atoms with van der Waals surface area (Å²) in [5.74, 6) is 0.0199. The summed E-state index contributed by atoms with van der Waals surface area (Å²) in [6.45, 7) is 8.55. The molecule has 5 nitrogen and oxygen atoms in total. The number of phenolic OH excluding ortho intramolecular Hbond substituents is 1. The first-order valence-corrected chi connectivity index (χ1v) is 12.9. The van der Waals surface area contributed by atoms with Crippen molar-refractivity contribution in [2.45, 2.75) is 25.7 Å². The van der Waals surface area contributed by atoms with Crippen LogP contribution in [0.5, 0.6) is 11.5 Å². The molecule has 1 N–H and O–H groups in total. The Kier molecular flexibility index (Phi) is 7.55. The Morgan fingerprint density at radius 2 is 1.79 bits per heavy atom. The fourth-order valence-electron chi connectivity index (χ4n) is 5.23. The molecule has 1 aliphatic heterocycles. The van der Waals surface area contributed by atoms with Gasteiger partial charge in [-0.05, 0) is 72.2 Å². The number of hydrogen-bond acceptors (Lipinski definition) is 3. The van der Waals surface area contributed by atoms with Crippen LogP contribution in [0.3, 0.4) is 0 Å². The van der Waals surface area contributed by atoms with Crippen molar-refractivity contribution in [3.8, 4) is 22.6 Å². The van der Waals surface area contributed by atoms with Crippen LogP contribution in [0.2, 0.25) is 0 Å². The average molecular weight is 509 g/mol. The van der Waals surface area contributed by atoms with Crippen molar-refractivity contribution in [2.75, 3.05) is 19.7 Å². The standard InChI is InChI=1S/C32H29FN2O3/c1-34-26-12-14-31(29(20-26)28-13-11-25(33)19-30(28)36)38-21-32(37)35-17-15-22(16-18-35)9-10-24-7-4-6-23-5-2-3-8-27(23)24/h2-8,11-14,19-20,22,36H,9-10,15-18,21H2. The highest BCUT2D eigenvalue weighted by atomic mass is 19.1. The van der Waals surface area contributed by atoms with Gasteiger partial charge in [-0.3, -0.25) is 4.79 Å². The van der Waals surface area contributed by atoms with Crippen molar-refractivity contribution in [1.82, 2.24) is 4.90 Å². The third-order valence-electron chi connectivity index (χ3n) is 7.36. The highest BCUT2D eigenvalue weighted by Gasteiger charge is 2.23. The Morgan fingerprint density at radius 1 is 1.00 bits per heavy atom. The fraction of sp³-hybridized carbons (Fsp3) is 0.250. The van der Waals surface area contributed by atoms with E-state index in [9.17, 15) is 14.3 Å². The van der Waals surface area contributed by atoms with Crippen molar-refractivity contribution in [3.63, 3.8) is 0 Å². The summed E-state index contributed by atoms with van der Waals surface area (Å²) in [5.41, 5.74) is 2.51. The fourth-order valence-corrected chi connectivity index (χ4v) is 5.23. The number of carbonyl (C=O) groups excluding carboxylic acids is 1. The number of fused-ring (bicyclic) bond motifs is 1. The summed E-state index contributed by atoms with van der Waals surface area (Å²) < 4.78 is 19.4. The summed E-state index contributed by atoms with van der Waals surface area (Å²) in [6.07, 6.45) is 4.06. The summed E-state index contributed by atoms with van der Waals surface area (Å²) in [5, 5.41) is 12.8. The number of benzene rings is 4. The van der Waals surface area contributed by atoms with Gasteiger partial charge >= 0.3 is 0 Å². The number of amides is 1. The van der Waals surface area contributed by atoms with E-state index in [0.29, 0.717) is 41.6 Å². The molecule has 1 saturated heterocycles. The normalized spacial score (nSPS) is 13.8. The topological polar surface area (TPSA) is 54.1 Å². The first kappa shape index (κ1) is 25.3. The lowest BCUT2D eigenvalue weighted by Crippen LogP contribution is -2.41. The van der Waals surface area contributed by atoms with Gasteiger partial charge in [-0.2, -0.15) is 0 Å². The van der Waals surface area contributed by atoms with E-state index < -0.39 is 5.82 Å². The average Bonchev–Trinajstić information content (AvgIpc) is 2.95. The van der Waals surface area contributed by atoms with Crippen LogP contribution in [0.25, 0.3) is 26.7 Å². The third-order valence-corrected chi connectivity index (χ3v) is 7.36. The molecule has 4 aromatic rings. The quantitative estimate of drug-likeness (QED) is 0.270. The van der Waals surface area contributed by atoms with Crippen LogP contribution in [0, 0.1) is 18.3 Å². The molecule has 0 aliphatic carbocycles. The molecule has 0 aromatic heterocycles. The summed E-state index contributed by atoms with van der Waals surface area (Å²) in [4.78, 5) is 18.2. The second kappa shape index (κ2) is 11.4. The highest BCUT2D eigenvalue weighted by Crippen LogP contribution is 2.38.